The number of nitrogens with one attached hydrogen (secondary N) is 3. The van der Waals surface area contributed by atoms with Crippen molar-refractivity contribution in [3.63, 3.8) is 0 Å². The van der Waals surface area contributed by atoms with E-state index in [1.807, 2.05) is 0 Å². The van der Waals surface area contributed by atoms with E-state index in [2.05, 4.69) is 48.4 Å². The number of aliphatic carboxylic acids is 1. The van der Waals surface area contributed by atoms with Crippen LogP contribution in [0, 0.1) is 5.92 Å². The summed E-state index contributed by atoms with van der Waals surface area (Å²) in [6.07, 6.45) is 3.94. The minimum atomic E-state index is -1.07. The average molecular weight is 532 g/mol. The number of carbonyl (C=O) groups excluding carboxylic acids is 2. The molecule has 6 N–H and O–H groups in total. The summed E-state index contributed by atoms with van der Waals surface area (Å²) >= 11 is 3.41. The van der Waals surface area contributed by atoms with Gasteiger partial charge in [-0.25, -0.2) is 4.98 Å². The minimum absolute atomic E-state index is 0.327. The number of carboxylic acids is 1. The number of carbonyl (C=O) groups is 3. The molecule has 1 aliphatic heterocycles. The van der Waals surface area contributed by atoms with Crippen LogP contribution in [0.3, 0.4) is 0 Å². The maximum Gasteiger partial charge on any atom is 0.316 e. The largest absolute Gasteiger partial charge is 0.481 e. The van der Waals surface area contributed by atoms with Crippen LogP contribution in [0.2, 0.25) is 0 Å². The second-order valence-electron chi connectivity index (χ2n) is 7.63. The number of nitrogens with two attached hydrogens (primary N) is 1. The van der Waals surface area contributed by atoms with Crippen LogP contribution in [0.4, 0.5) is 23.1 Å². The van der Waals surface area contributed by atoms with Gasteiger partial charge in [-0.2, -0.15) is 4.98 Å². The summed E-state index contributed by atoms with van der Waals surface area (Å²) in [7, 11) is 0. The zero-order valence-electron chi connectivity index (χ0n) is 18.3. The molecule has 1 aliphatic rings. The van der Waals surface area contributed by atoms with Crippen LogP contribution in [0.15, 0.2) is 47.6 Å². The van der Waals surface area contributed by atoms with Crippen LogP contribution in [0.5, 0.6) is 0 Å². The second kappa shape index (κ2) is 11.6. The van der Waals surface area contributed by atoms with Crippen molar-refractivity contribution in [2.75, 3.05) is 35.6 Å². The number of hydrogen-bond acceptors (Lipinski definition) is 8. The first-order valence-electron chi connectivity index (χ1n) is 10.6. The SMILES string of the molecule is C=C[C@H](N)C(=O)Nc1cccc(Nc2ncc(Br)c(NCCCN3CCC(C(=O)O)C3=O)n2)c1. The van der Waals surface area contributed by atoms with Crippen molar-refractivity contribution in [2.24, 2.45) is 11.7 Å². The summed E-state index contributed by atoms with van der Waals surface area (Å²) in [6.45, 7) is 4.97. The van der Waals surface area contributed by atoms with Gasteiger partial charge in [-0.1, -0.05) is 12.1 Å². The predicted molar refractivity (Wildman–Crippen MR) is 132 cm³/mol. The molecule has 0 radical (unpaired) electrons. The number of likely N-dealkylation sites (tertiary alicyclic amines) is 1. The highest BCUT2D eigenvalue weighted by atomic mass is 79.9. The summed E-state index contributed by atoms with van der Waals surface area (Å²) in [5.41, 5.74) is 6.87. The molecule has 1 unspecified atom stereocenters. The number of amides is 2. The quantitative estimate of drug-likeness (QED) is 0.166. The van der Waals surface area contributed by atoms with Crippen LogP contribution in [-0.2, 0) is 14.4 Å². The number of hydrogen-bond donors (Lipinski definition) is 5. The number of nitrogens with zero attached hydrogens (tertiary/aromatic N) is 3. The Balaban J connectivity index is 1.54. The smallest absolute Gasteiger partial charge is 0.316 e. The molecule has 2 heterocycles. The average Bonchev–Trinajstić information content (AvgIpc) is 3.18. The molecule has 3 rings (SSSR count). The van der Waals surface area contributed by atoms with Gasteiger partial charge < -0.3 is 31.7 Å². The zero-order valence-corrected chi connectivity index (χ0v) is 19.9. The lowest BCUT2D eigenvalue weighted by molar-refractivity contribution is -0.147. The molecule has 0 aliphatic carbocycles. The Morgan fingerprint density at radius 3 is 2.85 bits per heavy atom. The van der Waals surface area contributed by atoms with E-state index >= 15 is 0 Å². The molecular formula is C22H26BrN7O4. The first-order chi connectivity index (χ1) is 16.3. The fraction of sp³-hybridized carbons (Fsp3) is 0.318. The molecule has 2 atom stereocenters. The highest BCUT2D eigenvalue weighted by molar-refractivity contribution is 9.10. The molecule has 1 aromatic heterocycles. The van der Waals surface area contributed by atoms with Gasteiger partial charge in [0.15, 0.2) is 0 Å². The number of anilines is 4. The van der Waals surface area contributed by atoms with Crippen LogP contribution in [0.25, 0.3) is 0 Å². The van der Waals surface area contributed by atoms with Gasteiger partial charge in [0.25, 0.3) is 0 Å². The minimum Gasteiger partial charge on any atom is -0.481 e. The van der Waals surface area contributed by atoms with Gasteiger partial charge in [-0.3, -0.25) is 14.4 Å². The Labute approximate surface area is 205 Å². The van der Waals surface area contributed by atoms with Crippen molar-refractivity contribution in [3.05, 3.63) is 47.6 Å². The monoisotopic (exact) mass is 531 g/mol. The molecule has 1 saturated heterocycles. The van der Waals surface area contributed by atoms with E-state index in [1.54, 1.807) is 35.4 Å². The summed E-state index contributed by atoms with van der Waals surface area (Å²) in [6, 6.07) is 6.23. The summed E-state index contributed by atoms with van der Waals surface area (Å²) in [5, 5.41) is 18.1. The Morgan fingerprint density at radius 2 is 2.15 bits per heavy atom. The highest BCUT2D eigenvalue weighted by Crippen LogP contribution is 2.24. The normalized spacial score (nSPS) is 16.1. The zero-order chi connectivity index (χ0) is 24.7. The number of aromatic nitrogens is 2. The molecule has 12 heteroatoms. The Bertz CT molecular complexity index is 1080. The lowest BCUT2D eigenvalue weighted by Crippen LogP contribution is -2.33. The van der Waals surface area contributed by atoms with Gasteiger partial charge in [0.2, 0.25) is 17.8 Å². The van der Waals surface area contributed by atoms with E-state index in [0.717, 1.165) is 0 Å². The van der Waals surface area contributed by atoms with Gasteiger partial charge in [-0.15, -0.1) is 6.58 Å². The topological polar surface area (TPSA) is 163 Å². The van der Waals surface area contributed by atoms with Crippen molar-refractivity contribution >= 4 is 56.9 Å². The lowest BCUT2D eigenvalue weighted by atomic mass is 10.1. The second-order valence-corrected chi connectivity index (χ2v) is 8.49. The van der Waals surface area contributed by atoms with Crippen LogP contribution < -0.4 is 21.7 Å². The standard InChI is InChI=1S/C22H26BrN7O4/c1-2-17(24)19(31)27-13-5-3-6-14(11-13)28-22-26-12-16(23)18(29-22)25-8-4-9-30-10-7-15(20(30)32)21(33)34/h2-3,5-6,11-12,15,17H,1,4,7-10,24H2,(H,27,31)(H,33,34)(H2,25,26,28,29)/t15?,17-/m0/s1. The van der Waals surface area contributed by atoms with Crippen molar-refractivity contribution < 1.29 is 19.5 Å². The molecular weight excluding hydrogens is 506 g/mol. The van der Waals surface area contributed by atoms with Crippen molar-refractivity contribution in [2.45, 2.75) is 18.9 Å². The van der Waals surface area contributed by atoms with Gasteiger partial charge in [0.1, 0.15) is 17.8 Å². The van der Waals surface area contributed by atoms with E-state index in [-0.39, 0.29) is 11.8 Å². The van der Waals surface area contributed by atoms with E-state index in [0.29, 0.717) is 60.1 Å². The van der Waals surface area contributed by atoms with Crippen molar-refractivity contribution in [3.8, 4) is 0 Å². The van der Waals surface area contributed by atoms with E-state index in [1.165, 1.54) is 6.08 Å². The van der Waals surface area contributed by atoms with Gasteiger partial charge in [-0.05, 0) is 47.0 Å². The van der Waals surface area contributed by atoms with E-state index in [4.69, 9.17) is 10.8 Å². The first-order valence-corrected chi connectivity index (χ1v) is 11.4. The molecule has 0 bridgehead atoms. The molecule has 11 nitrogen and oxygen atoms in total. The van der Waals surface area contributed by atoms with E-state index < -0.39 is 17.9 Å². The summed E-state index contributed by atoms with van der Waals surface area (Å²) < 4.78 is 0.667. The van der Waals surface area contributed by atoms with Crippen LogP contribution in [-0.4, -0.2) is 63.4 Å². The molecule has 2 amide bonds. The maximum atomic E-state index is 12.1. The lowest BCUT2D eigenvalue weighted by Gasteiger charge is -2.16. The number of benzene rings is 1. The first kappa shape index (κ1) is 25.1. The molecule has 0 spiro atoms. The fourth-order valence-corrected chi connectivity index (χ4v) is 3.69. The van der Waals surface area contributed by atoms with Crippen molar-refractivity contribution in [1.82, 2.24) is 14.9 Å². The third-order valence-electron chi connectivity index (χ3n) is 5.18. The Hall–Kier alpha value is -3.51. The van der Waals surface area contributed by atoms with Gasteiger partial charge >= 0.3 is 5.97 Å². The highest BCUT2D eigenvalue weighted by Gasteiger charge is 2.36. The maximum absolute atomic E-state index is 12.1. The van der Waals surface area contributed by atoms with Gasteiger partial charge in [0.05, 0.1) is 4.47 Å². The number of halogens is 1. The summed E-state index contributed by atoms with van der Waals surface area (Å²) in [5.74, 6) is -1.78. The Kier molecular flexibility index (Phi) is 8.55. The molecule has 180 valence electrons. The predicted octanol–water partition coefficient (Wildman–Crippen LogP) is 2.17. The number of carboxylic acid groups (broad SMARTS) is 1. The molecule has 1 fully saturated rings. The molecule has 2 aromatic rings. The Morgan fingerprint density at radius 1 is 1.38 bits per heavy atom. The summed E-state index contributed by atoms with van der Waals surface area (Å²) in [4.78, 5) is 45.4. The molecule has 0 saturated carbocycles. The van der Waals surface area contributed by atoms with Crippen LogP contribution >= 0.6 is 15.9 Å². The van der Waals surface area contributed by atoms with Crippen molar-refractivity contribution in [1.29, 1.82) is 0 Å². The van der Waals surface area contributed by atoms with E-state index in [9.17, 15) is 14.4 Å². The third kappa shape index (κ3) is 6.51. The fourth-order valence-electron chi connectivity index (χ4n) is 3.35. The number of rotatable bonds is 11. The molecule has 1 aromatic carbocycles. The molecule has 34 heavy (non-hydrogen) atoms. The van der Waals surface area contributed by atoms with Gasteiger partial charge in [0, 0.05) is 37.2 Å². The third-order valence-corrected chi connectivity index (χ3v) is 5.76. The van der Waals surface area contributed by atoms with Crippen LogP contribution in [0.1, 0.15) is 12.8 Å².